The normalized spacial score (nSPS) is 12.9. The number of hydrogen-bond donors (Lipinski definition) is 0. The molecule has 0 heterocycles. The van der Waals surface area contributed by atoms with Crippen LogP contribution >= 0.6 is 0 Å². The third-order valence-electron chi connectivity index (χ3n) is 5.37. The van der Waals surface area contributed by atoms with Gasteiger partial charge in [-0.25, -0.2) is 0 Å². The minimum absolute atomic E-state index is 0.0553. The molecule has 0 aliphatic heterocycles. The molecule has 0 unspecified atom stereocenters. The smallest absolute Gasteiger partial charge is 0.191 e. The van der Waals surface area contributed by atoms with Crippen LogP contribution in [0.4, 0.5) is 0 Å². The highest BCUT2D eigenvalue weighted by atomic mass is 28.4. The summed E-state index contributed by atoms with van der Waals surface area (Å²) in [6.07, 6.45) is 3.53. The van der Waals surface area contributed by atoms with Gasteiger partial charge in [0.25, 0.3) is 0 Å². The van der Waals surface area contributed by atoms with Crippen molar-refractivity contribution < 1.29 is 9.22 Å². The number of benzene rings is 2. The maximum absolute atomic E-state index is 12.7. The van der Waals surface area contributed by atoms with Crippen LogP contribution in [0.5, 0.6) is 0 Å². The van der Waals surface area contributed by atoms with E-state index in [2.05, 4.69) is 46.0 Å². The van der Waals surface area contributed by atoms with E-state index in [0.717, 1.165) is 36.1 Å². The summed E-state index contributed by atoms with van der Waals surface area (Å²) in [7, 11) is -1.73. The van der Waals surface area contributed by atoms with Gasteiger partial charge >= 0.3 is 0 Å². The molecule has 144 valence electrons. The molecule has 3 heteroatoms. The highest BCUT2D eigenvalue weighted by Gasteiger charge is 2.36. The third-order valence-corrected chi connectivity index (χ3v) is 9.91. The molecule has 0 amide bonds. The Balaban J connectivity index is 2.08. The first-order chi connectivity index (χ1) is 12.7. The summed E-state index contributed by atoms with van der Waals surface area (Å²) >= 11 is 0. The molecule has 2 aromatic carbocycles. The molecule has 0 fully saturated rings. The number of hydrogen-bond acceptors (Lipinski definition) is 2. The molecule has 2 aromatic rings. The van der Waals surface area contributed by atoms with E-state index in [1.807, 2.05) is 48.5 Å². The lowest BCUT2D eigenvalue weighted by Crippen LogP contribution is -2.40. The van der Waals surface area contributed by atoms with E-state index in [1.165, 1.54) is 0 Å². The van der Waals surface area contributed by atoms with Gasteiger partial charge in [0.05, 0.1) is 0 Å². The Morgan fingerprint density at radius 3 is 1.96 bits per heavy atom. The second-order valence-electron chi connectivity index (χ2n) is 8.48. The molecule has 2 rings (SSSR count). The predicted octanol–water partition coefficient (Wildman–Crippen LogP) is 6.75. The Kier molecular flexibility index (Phi) is 7.34. The summed E-state index contributed by atoms with van der Waals surface area (Å²) < 4.78 is 6.30. The molecule has 0 spiro atoms. The molecule has 0 atom stereocenters. The van der Waals surface area contributed by atoms with Crippen molar-refractivity contribution in [3.8, 4) is 0 Å². The maximum Gasteiger partial charge on any atom is 0.191 e. The average Bonchev–Trinajstić information content (AvgIpc) is 2.64. The Bertz CT molecular complexity index is 756. The summed E-state index contributed by atoms with van der Waals surface area (Å²) in [5.74, 6) is 0.0553. The third kappa shape index (κ3) is 6.30. The highest BCUT2D eigenvalue weighted by molar-refractivity contribution is 6.74. The zero-order chi connectivity index (χ0) is 19.9. The summed E-state index contributed by atoms with van der Waals surface area (Å²) in [6.45, 7) is 12.1. The van der Waals surface area contributed by atoms with E-state index in [1.54, 1.807) is 6.08 Å². The zero-order valence-corrected chi connectivity index (χ0v) is 18.3. The first-order valence-electron chi connectivity index (χ1n) is 9.70. The van der Waals surface area contributed by atoms with Gasteiger partial charge in [0.1, 0.15) is 0 Å². The Morgan fingerprint density at radius 1 is 0.926 bits per heavy atom. The van der Waals surface area contributed by atoms with E-state index in [9.17, 15) is 4.79 Å². The van der Waals surface area contributed by atoms with Crippen molar-refractivity contribution >= 4 is 19.7 Å². The minimum Gasteiger partial charge on any atom is -0.417 e. The van der Waals surface area contributed by atoms with Gasteiger partial charge in [-0.05, 0) is 48.2 Å². The van der Waals surface area contributed by atoms with Crippen molar-refractivity contribution in [3.05, 3.63) is 77.9 Å². The number of rotatable bonds is 8. The van der Waals surface area contributed by atoms with Gasteiger partial charge in [0.2, 0.25) is 0 Å². The van der Waals surface area contributed by atoms with Crippen LogP contribution < -0.4 is 0 Å². The molecule has 0 aliphatic rings. The summed E-state index contributed by atoms with van der Waals surface area (Å²) in [4.78, 5) is 12.7. The van der Waals surface area contributed by atoms with Crippen molar-refractivity contribution in [1.29, 1.82) is 0 Å². The average molecular weight is 381 g/mol. The summed E-state index contributed by atoms with van der Waals surface area (Å²) in [6, 6.07) is 19.6. The lowest BCUT2D eigenvalue weighted by molar-refractivity contribution is 0.104. The molecule has 0 aliphatic carbocycles. The number of carbonyl (C=O) groups is 1. The van der Waals surface area contributed by atoms with E-state index in [4.69, 9.17) is 4.43 Å². The van der Waals surface area contributed by atoms with Crippen molar-refractivity contribution in [2.75, 3.05) is 6.61 Å². The fourth-order valence-corrected chi connectivity index (χ4v) is 3.69. The lowest BCUT2D eigenvalue weighted by Gasteiger charge is -2.36. The van der Waals surface area contributed by atoms with Crippen molar-refractivity contribution in [2.24, 2.45) is 0 Å². The van der Waals surface area contributed by atoms with E-state index in [0.29, 0.717) is 0 Å². The standard InChI is InChI=1S/C24H32O2Si/c1-24(2,3)27(4,5)26-18-12-17-22(20-13-8-6-9-14-20)19-23(25)21-15-10-7-11-16-21/h6-11,13-16,19H,12,17-18H2,1-5H3. The van der Waals surface area contributed by atoms with Gasteiger partial charge in [-0.3, -0.25) is 4.79 Å². The molecule has 0 aromatic heterocycles. The first kappa shape index (κ1) is 21.3. The topological polar surface area (TPSA) is 26.3 Å². The largest absolute Gasteiger partial charge is 0.417 e. The van der Waals surface area contributed by atoms with Gasteiger partial charge in [0.15, 0.2) is 14.1 Å². The molecule has 0 saturated heterocycles. The molecule has 0 saturated carbocycles. The van der Waals surface area contributed by atoms with Gasteiger partial charge in [-0.2, -0.15) is 0 Å². The van der Waals surface area contributed by atoms with Crippen molar-refractivity contribution in [1.82, 2.24) is 0 Å². The molecule has 0 radical (unpaired) electrons. The van der Waals surface area contributed by atoms with E-state index < -0.39 is 8.32 Å². The van der Waals surface area contributed by atoms with Gasteiger partial charge in [0, 0.05) is 12.2 Å². The highest BCUT2D eigenvalue weighted by Crippen LogP contribution is 2.36. The van der Waals surface area contributed by atoms with Gasteiger partial charge in [-0.15, -0.1) is 0 Å². The fourth-order valence-electron chi connectivity index (χ4n) is 2.60. The zero-order valence-electron chi connectivity index (χ0n) is 17.3. The van der Waals surface area contributed by atoms with Crippen LogP contribution in [0.3, 0.4) is 0 Å². The summed E-state index contributed by atoms with van der Waals surface area (Å²) in [5, 5.41) is 0.217. The quantitative estimate of drug-likeness (QED) is 0.219. The van der Waals surface area contributed by atoms with Crippen LogP contribution in [-0.2, 0) is 4.43 Å². The van der Waals surface area contributed by atoms with Crippen LogP contribution in [0.1, 0.15) is 49.5 Å². The van der Waals surface area contributed by atoms with Gasteiger partial charge in [-0.1, -0.05) is 81.4 Å². The van der Waals surface area contributed by atoms with E-state index >= 15 is 0 Å². The number of ketones is 1. The SMILES string of the molecule is CC(C)(C)[Si](C)(C)OCCCC(=CC(=O)c1ccccc1)c1ccccc1. The monoisotopic (exact) mass is 380 g/mol. The van der Waals surface area contributed by atoms with Crippen molar-refractivity contribution in [3.63, 3.8) is 0 Å². The molecule has 0 N–H and O–H groups in total. The first-order valence-corrected chi connectivity index (χ1v) is 12.6. The second kappa shape index (κ2) is 9.29. The Morgan fingerprint density at radius 2 is 1.44 bits per heavy atom. The van der Waals surface area contributed by atoms with Crippen molar-refractivity contribution in [2.45, 2.75) is 51.7 Å². The Labute approximate surface area is 165 Å². The van der Waals surface area contributed by atoms with Crippen LogP contribution in [0.25, 0.3) is 5.57 Å². The molecular weight excluding hydrogens is 348 g/mol. The minimum atomic E-state index is -1.73. The number of allylic oxidation sites excluding steroid dienone is 2. The summed E-state index contributed by atoms with van der Waals surface area (Å²) in [5.41, 5.74) is 2.90. The van der Waals surface area contributed by atoms with Crippen LogP contribution in [-0.4, -0.2) is 20.7 Å². The number of carbonyl (C=O) groups excluding carboxylic acids is 1. The van der Waals surface area contributed by atoms with E-state index in [-0.39, 0.29) is 10.8 Å². The fraction of sp³-hybridized carbons (Fsp3) is 0.375. The molecule has 2 nitrogen and oxygen atoms in total. The lowest BCUT2D eigenvalue weighted by atomic mass is 9.98. The van der Waals surface area contributed by atoms with Gasteiger partial charge < -0.3 is 4.43 Å². The maximum atomic E-state index is 12.7. The van der Waals surface area contributed by atoms with Crippen LogP contribution in [0.15, 0.2) is 66.7 Å². The van der Waals surface area contributed by atoms with Crippen LogP contribution in [0, 0.1) is 0 Å². The Hall–Kier alpha value is -1.97. The van der Waals surface area contributed by atoms with Crippen LogP contribution in [0.2, 0.25) is 18.1 Å². The second-order valence-corrected chi connectivity index (χ2v) is 13.3. The predicted molar refractivity (Wildman–Crippen MR) is 118 cm³/mol. The molecule has 27 heavy (non-hydrogen) atoms. The molecular formula is C24H32O2Si. The molecule has 0 bridgehead atoms.